The molecular weight excluding hydrogens is 272 g/mol. The molecule has 108 valence electrons. The van der Waals surface area contributed by atoms with Gasteiger partial charge in [0, 0.05) is 11.8 Å². The van der Waals surface area contributed by atoms with Crippen LogP contribution < -0.4 is 5.73 Å². The number of rotatable bonds is 4. The second-order valence-electron chi connectivity index (χ2n) is 5.16. The van der Waals surface area contributed by atoms with Crippen LogP contribution in [-0.4, -0.2) is 9.97 Å². The molecule has 1 atom stereocenters. The van der Waals surface area contributed by atoms with Crippen LogP contribution in [0.25, 0.3) is 11.3 Å². The highest BCUT2D eigenvalue weighted by Crippen LogP contribution is 2.20. The van der Waals surface area contributed by atoms with Gasteiger partial charge in [-0.3, -0.25) is 0 Å². The normalized spacial score (nSPS) is 11.8. The Morgan fingerprint density at radius 2 is 1.82 bits per heavy atom. The van der Waals surface area contributed by atoms with E-state index >= 15 is 0 Å². The minimum absolute atomic E-state index is 0.172. The van der Waals surface area contributed by atoms with Gasteiger partial charge >= 0.3 is 0 Å². The topological polar surface area (TPSA) is 78.5 Å². The Hall–Kier alpha value is -2.90. The Balaban J connectivity index is 1.76. The lowest BCUT2D eigenvalue weighted by atomic mass is 10.1. The third-order valence-corrected chi connectivity index (χ3v) is 3.56. The molecule has 0 unspecified atom stereocenters. The van der Waals surface area contributed by atoms with Crippen LogP contribution in [0.15, 0.2) is 60.8 Å². The molecule has 3 rings (SSSR count). The molecule has 0 bridgehead atoms. The summed E-state index contributed by atoms with van der Waals surface area (Å²) < 4.78 is 0. The molecule has 4 heteroatoms. The van der Waals surface area contributed by atoms with E-state index in [0.29, 0.717) is 5.56 Å². The fraction of sp³-hybridized carbons (Fsp3) is 0.111. The average molecular weight is 288 g/mol. The molecule has 0 aliphatic rings. The Morgan fingerprint density at radius 1 is 1.09 bits per heavy atom. The van der Waals surface area contributed by atoms with Crippen molar-refractivity contribution in [1.82, 2.24) is 9.97 Å². The maximum absolute atomic E-state index is 8.83. The highest BCUT2D eigenvalue weighted by molar-refractivity contribution is 5.59. The molecule has 4 nitrogen and oxygen atoms in total. The van der Waals surface area contributed by atoms with E-state index in [9.17, 15) is 0 Å². The molecule has 0 spiro atoms. The molecule has 0 saturated heterocycles. The van der Waals surface area contributed by atoms with Crippen molar-refractivity contribution in [2.75, 3.05) is 0 Å². The lowest BCUT2D eigenvalue weighted by Crippen LogP contribution is -2.14. The van der Waals surface area contributed by atoms with Crippen LogP contribution in [0, 0.1) is 11.3 Å². The number of aromatic amines is 1. The third kappa shape index (κ3) is 3.05. The number of imidazole rings is 1. The molecule has 0 amide bonds. The van der Waals surface area contributed by atoms with Gasteiger partial charge < -0.3 is 10.7 Å². The van der Waals surface area contributed by atoms with Gasteiger partial charge in [0.2, 0.25) is 0 Å². The summed E-state index contributed by atoms with van der Waals surface area (Å²) in [6, 6.07) is 19.4. The first-order valence-electron chi connectivity index (χ1n) is 7.11. The van der Waals surface area contributed by atoms with Gasteiger partial charge in [-0.25, -0.2) is 4.98 Å². The molecule has 22 heavy (non-hydrogen) atoms. The first-order chi connectivity index (χ1) is 10.8. The zero-order valence-corrected chi connectivity index (χ0v) is 12.0. The van der Waals surface area contributed by atoms with Crippen molar-refractivity contribution < 1.29 is 0 Å². The standard InChI is InChI=1S/C18H16N4/c19-11-14-6-8-15(9-7-14)17-12-21-18(22-17)16(20)10-13-4-2-1-3-5-13/h1-9,12,16H,10,20H2,(H,21,22)/t16-/m0/s1. The van der Waals surface area contributed by atoms with Crippen LogP contribution in [0.4, 0.5) is 0 Å². The zero-order valence-electron chi connectivity index (χ0n) is 12.0. The number of nitrogens with one attached hydrogen (secondary N) is 1. The van der Waals surface area contributed by atoms with Gasteiger partial charge in [-0.2, -0.15) is 5.26 Å². The van der Waals surface area contributed by atoms with Crippen molar-refractivity contribution in [2.45, 2.75) is 12.5 Å². The second-order valence-corrected chi connectivity index (χ2v) is 5.16. The number of nitrogens with zero attached hydrogens (tertiary/aromatic N) is 2. The van der Waals surface area contributed by atoms with Crippen molar-refractivity contribution in [2.24, 2.45) is 5.73 Å². The van der Waals surface area contributed by atoms with E-state index in [1.807, 2.05) is 36.5 Å². The smallest absolute Gasteiger partial charge is 0.124 e. The molecule has 1 heterocycles. The van der Waals surface area contributed by atoms with E-state index in [2.05, 4.69) is 28.2 Å². The largest absolute Gasteiger partial charge is 0.347 e. The van der Waals surface area contributed by atoms with Gasteiger partial charge in [0.25, 0.3) is 0 Å². The second kappa shape index (κ2) is 6.25. The molecule has 0 radical (unpaired) electrons. The van der Waals surface area contributed by atoms with Gasteiger partial charge in [0.1, 0.15) is 5.82 Å². The van der Waals surface area contributed by atoms with Crippen molar-refractivity contribution >= 4 is 0 Å². The summed E-state index contributed by atoms with van der Waals surface area (Å²) in [5.41, 5.74) is 9.86. The van der Waals surface area contributed by atoms with Crippen molar-refractivity contribution in [3.05, 3.63) is 77.7 Å². The minimum atomic E-state index is -0.172. The van der Waals surface area contributed by atoms with E-state index in [-0.39, 0.29) is 6.04 Å². The highest BCUT2D eigenvalue weighted by atomic mass is 15.0. The Kier molecular flexibility index (Phi) is 3.99. The summed E-state index contributed by atoms with van der Waals surface area (Å²) in [7, 11) is 0. The number of nitriles is 1. The van der Waals surface area contributed by atoms with Gasteiger partial charge in [-0.15, -0.1) is 0 Å². The lowest BCUT2D eigenvalue weighted by molar-refractivity contribution is 0.678. The number of nitrogens with two attached hydrogens (primary N) is 1. The van der Waals surface area contributed by atoms with E-state index in [4.69, 9.17) is 11.0 Å². The van der Waals surface area contributed by atoms with Crippen LogP contribution in [-0.2, 0) is 6.42 Å². The Morgan fingerprint density at radius 3 is 2.50 bits per heavy atom. The molecule has 0 aliphatic heterocycles. The lowest BCUT2D eigenvalue weighted by Gasteiger charge is -2.08. The molecule has 3 N–H and O–H groups in total. The maximum Gasteiger partial charge on any atom is 0.124 e. The van der Waals surface area contributed by atoms with Crippen LogP contribution in [0.5, 0.6) is 0 Å². The molecule has 0 fully saturated rings. The van der Waals surface area contributed by atoms with Gasteiger partial charge in [-0.05, 0) is 24.1 Å². The number of H-pyrrole nitrogens is 1. The van der Waals surface area contributed by atoms with Gasteiger partial charge in [-0.1, -0.05) is 42.5 Å². The summed E-state index contributed by atoms with van der Waals surface area (Å²) in [6.07, 6.45) is 2.59. The number of hydrogen-bond acceptors (Lipinski definition) is 3. The van der Waals surface area contributed by atoms with Crippen LogP contribution in [0.1, 0.15) is 23.0 Å². The molecule has 0 saturated carbocycles. The van der Waals surface area contributed by atoms with E-state index in [1.54, 1.807) is 12.1 Å². The molecule has 1 aromatic heterocycles. The van der Waals surface area contributed by atoms with Crippen LogP contribution in [0.2, 0.25) is 0 Å². The molecular formula is C18H16N4. The van der Waals surface area contributed by atoms with Gasteiger partial charge in [0.15, 0.2) is 0 Å². The highest BCUT2D eigenvalue weighted by Gasteiger charge is 2.12. The van der Waals surface area contributed by atoms with Crippen molar-refractivity contribution in [3.8, 4) is 17.3 Å². The number of hydrogen-bond donors (Lipinski definition) is 2. The minimum Gasteiger partial charge on any atom is -0.347 e. The van der Waals surface area contributed by atoms with Crippen LogP contribution >= 0.6 is 0 Å². The van der Waals surface area contributed by atoms with Crippen molar-refractivity contribution in [1.29, 1.82) is 5.26 Å². The fourth-order valence-electron chi connectivity index (χ4n) is 2.35. The van der Waals surface area contributed by atoms with E-state index in [1.165, 1.54) is 5.56 Å². The summed E-state index contributed by atoms with van der Waals surface area (Å²) in [6.45, 7) is 0. The monoisotopic (exact) mass is 288 g/mol. The SMILES string of the molecule is N#Cc1ccc(-c2c[nH]c([C@@H](N)Cc3ccccc3)n2)cc1. The molecule has 0 aliphatic carbocycles. The summed E-state index contributed by atoms with van der Waals surface area (Å²) in [5.74, 6) is 0.767. The predicted molar refractivity (Wildman–Crippen MR) is 85.8 cm³/mol. The van der Waals surface area contributed by atoms with Crippen molar-refractivity contribution in [3.63, 3.8) is 0 Å². The summed E-state index contributed by atoms with van der Waals surface area (Å²) in [5, 5.41) is 8.83. The average Bonchev–Trinajstić information content (AvgIpc) is 3.06. The molecule has 3 aromatic rings. The number of benzene rings is 2. The number of aromatic nitrogens is 2. The first-order valence-corrected chi connectivity index (χ1v) is 7.11. The maximum atomic E-state index is 8.83. The zero-order chi connectivity index (χ0) is 15.4. The van der Waals surface area contributed by atoms with Gasteiger partial charge in [0.05, 0.1) is 23.4 Å². The summed E-state index contributed by atoms with van der Waals surface area (Å²) >= 11 is 0. The Bertz CT molecular complexity index is 782. The third-order valence-electron chi connectivity index (χ3n) is 3.56. The Labute approximate surface area is 129 Å². The quantitative estimate of drug-likeness (QED) is 0.773. The fourth-order valence-corrected chi connectivity index (χ4v) is 2.35. The van der Waals surface area contributed by atoms with Crippen LogP contribution in [0.3, 0.4) is 0 Å². The molecule has 2 aromatic carbocycles. The first kappa shape index (κ1) is 14.1. The van der Waals surface area contributed by atoms with E-state index < -0.39 is 0 Å². The van der Waals surface area contributed by atoms with E-state index in [0.717, 1.165) is 23.5 Å². The summed E-state index contributed by atoms with van der Waals surface area (Å²) in [4.78, 5) is 7.72. The predicted octanol–water partition coefficient (Wildman–Crippen LogP) is 3.19.